The summed E-state index contributed by atoms with van der Waals surface area (Å²) in [6.45, 7) is 0. The lowest BCUT2D eigenvalue weighted by molar-refractivity contribution is 0.0694. The first-order valence-corrected chi connectivity index (χ1v) is 6.96. The zero-order chi connectivity index (χ0) is 17.4. The molecule has 1 heterocycles. The number of carboxylic acids is 1. The molecule has 0 radical (unpaired) electrons. The number of aromatic hydroxyl groups is 1. The third kappa shape index (κ3) is 2.23. The Kier molecular flexibility index (Phi) is 3.44. The first-order valence-electron chi connectivity index (χ1n) is 6.96. The Balaban J connectivity index is 2.34. The average Bonchev–Trinajstić information content (AvgIpc) is 2.89. The van der Waals surface area contributed by atoms with Crippen molar-refractivity contribution in [1.82, 2.24) is 4.57 Å². The summed E-state index contributed by atoms with van der Waals surface area (Å²) in [5, 5.41) is 38.1. The second-order valence-corrected chi connectivity index (χ2v) is 5.31. The lowest BCUT2D eigenvalue weighted by Crippen LogP contribution is -1.96. The first-order chi connectivity index (χ1) is 11.5. The van der Waals surface area contributed by atoms with E-state index in [4.69, 9.17) is 5.11 Å². The SMILES string of the molecule is Cn1c(C#N)cc2c(-c3ccc(C(=O)O)c(O)c3)cc(C#N)cc21. The van der Waals surface area contributed by atoms with E-state index in [1.807, 2.05) is 0 Å². The van der Waals surface area contributed by atoms with Gasteiger partial charge in [-0.15, -0.1) is 0 Å². The fraction of sp³-hybridized carbons (Fsp3) is 0.0556. The number of benzene rings is 2. The summed E-state index contributed by atoms with van der Waals surface area (Å²) >= 11 is 0. The molecule has 2 aromatic carbocycles. The lowest BCUT2D eigenvalue weighted by atomic mass is 9.97. The molecule has 0 bridgehead atoms. The van der Waals surface area contributed by atoms with Gasteiger partial charge in [-0.3, -0.25) is 0 Å². The number of rotatable bonds is 2. The number of aromatic carboxylic acids is 1. The Morgan fingerprint density at radius 3 is 2.46 bits per heavy atom. The molecule has 3 rings (SSSR count). The molecule has 0 atom stereocenters. The molecule has 2 N–H and O–H groups in total. The number of phenols is 1. The van der Waals surface area contributed by atoms with Crippen LogP contribution in [0.3, 0.4) is 0 Å². The highest BCUT2D eigenvalue weighted by Gasteiger charge is 2.15. The highest BCUT2D eigenvalue weighted by atomic mass is 16.4. The van der Waals surface area contributed by atoms with Crippen molar-refractivity contribution in [2.75, 3.05) is 0 Å². The molecule has 0 aliphatic heterocycles. The molecular weight excluding hydrogens is 306 g/mol. The lowest BCUT2D eigenvalue weighted by Gasteiger charge is -2.08. The van der Waals surface area contributed by atoms with E-state index >= 15 is 0 Å². The van der Waals surface area contributed by atoms with Crippen molar-refractivity contribution in [3.63, 3.8) is 0 Å². The predicted octanol–water partition coefficient (Wildman–Crippen LogP) is 2.99. The fourth-order valence-electron chi connectivity index (χ4n) is 2.72. The van der Waals surface area contributed by atoms with Gasteiger partial charge in [-0.1, -0.05) is 6.07 Å². The van der Waals surface area contributed by atoms with Crippen molar-refractivity contribution in [3.8, 4) is 29.0 Å². The third-order valence-electron chi connectivity index (χ3n) is 3.94. The molecule has 0 unspecified atom stereocenters. The molecule has 6 heteroatoms. The Labute approximate surface area is 137 Å². The molecule has 1 aromatic heterocycles. The molecule has 116 valence electrons. The van der Waals surface area contributed by atoms with Crippen molar-refractivity contribution >= 4 is 16.9 Å². The molecule has 0 aliphatic carbocycles. The van der Waals surface area contributed by atoms with Crippen LogP contribution in [0.1, 0.15) is 21.6 Å². The van der Waals surface area contributed by atoms with E-state index in [9.17, 15) is 20.4 Å². The maximum Gasteiger partial charge on any atom is 0.339 e. The van der Waals surface area contributed by atoms with Crippen molar-refractivity contribution in [3.05, 3.63) is 53.2 Å². The number of fused-ring (bicyclic) bond motifs is 1. The molecule has 0 fully saturated rings. The van der Waals surface area contributed by atoms with Crippen molar-refractivity contribution in [2.24, 2.45) is 7.05 Å². The number of nitriles is 2. The highest BCUT2D eigenvalue weighted by molar-refractivity contribution is 5.99. The van der Waals surface area contributed by atoms with E-state index < -0.39 is 5.97 Å². The number of aromatic nitrogens is 1. The number of carboxylic acid groups (broad SMARTS) is 1. The zero-order valence-electron chi connectivity index (χ0n) is 12.6. The van der Waals surface area contributed by atoms with Gasteiger partial charge >= 0.3 is 5.97 Å². The van der Waals surface area contributed by atoms with Crippen molar-refractivity contribution < 1.29 is 15.0 Å². The summed E-state index contributed by atoms with van der Waals surface area (Å²) in [6, 6.07) is 13.4. The van der Waals surface area contributed by atoms with Crippen molar-refractivity contribution in [1.29, 1.82) is 10.5 Å². The summed E-state index contributed by atoms with van der Waals surface area (Å²) in [4.78, 5) is 11.0. The van der Waals surface area contributed by atoms with Gasteiger partial charge in [-0.25, -0.2) is 4.79 Å². The molecule has 0 saturated heterocycles. The normalized spacial score (nSPS) is 10.3. The van der Waals surface area contributed by atoms with Crippen LogP contribution in [0.5, 0.6) is 5.75 Å². The Morgan fingerprint density at radius 2 is 1.88 bits per heavy atom. The molecule has 6 nitrogen and oxygen atoms in total. The van der Waals surface area contributed by atoms with Crippen LogP contribution in [0.4, 0.5) is 0 Å². The maximum absolute atomic E-state index is 11.0. The van der Waals surface area contributed by atoms with Gasteiger partial charge in [0, 0.05) is 12.4 Å². The largest absolute Gasteiger partial charge is 0.507 e. The number of aryl methyl sites for hydroxylation is 1. The number of hydrogen-bond donors (Lipinski definition) is 2. The number of carbonyl (C=O) groups is 1. The first kappa shape index (κ1) is 15.1. The van der Waals surface area contributed by atoms with E-state index in [1.54, 1.807) is 35.9 Å². The minimum Gasteiger partial charge on any atom is -0.507 e. The molecule has 0 amide bonds. The van der Waals surface area contributed by atoms with E-state index in [1.165, 1.54) is 12.1 Å². The predicted molar refractivity (Wildman–Crippen MR) is 86.4 cm³/mol. The van der Waals surface area contributed by atoms with Gasteiger partial charge in [0.25, 0.3) is 0 Å². The van der Waals surface area contributed by atoms with Crippen LogP contribution >= 0.6 is 0 Å². The summed E-state index contributed by atoms with van der Waals surface area (Å²) in [5.74, 6) is -1.58. The Morgan fingerprint density at radius 1 is 1.12 bits per heavy atom. The number of hydrogen-bond acceptors (Lipinski definition) is 4. The molecule has 3 aromatic rings. The van der Waals surface area contributed by atoms with E-state index in [0.29, 0.717) is 27.9 Å². The molecule has 0 saturated carbocycles. The van der Waals surface area contributed by atoms with Gasteiger partial charge in [0.05, 0.1) is 17.1 Å². The topological polar surface area (TPSA) is 110 Å². The van der Waals surface area contributed by atoms with E-state index in [0.717, 1.165) is 5.39 Å². The number of nitrogens with zero attached hydrogens (tertiary/aromatic N) is 3. The Hall–Kier alpha value is -3.77. The van der Waals surface area contributed by atoms with E-state index in [2.05, 4.69) is 12.1 Å². The Bertz CT molecular complexity index is 1080. The standard InChI is InChI=1S/C18H11N3O3/c1-21-12(9-20)7-15-14(4-10(8-19)5-16(15)21)11-2-3-13(18(23)24)17(22)6-11/h2-7,22H,1H3,(H,23,24). The average molecular weight is 317 g/mol. The van der Waals surface area contributed by atoms with E-state index in [-0.39, 0.29) is 11.3 Å². The van der Waals surface area contributed by atoms with Crippen LogP contribution in [0, 0.1) is 22.7 Å². The van der Waals surface area contributed by atoms with Crippen LogP contribution in [-0.2, 0) is 7.05 Å². The summed E-state index contributed by atoms with van der Waals surface area (Å²) < 4.78 is 1.69. The zero-order valence-corrected chi connectivity index (χ0v) is 12.6. The summed E-state index contributed by atoms with van der Waals surface area (Å²) in [6.07, 6.45) is 0. The van der Waals surface area contributed by atoms with Crippen LogP contribution in [0.25, 0.3) is 22.0 Å². The van der Waals surface area contributed by atoms with Gasteiger partial charge < -0.3 is 14.8 Å². The highest BCUT2D eigenvalue weighted by Crippen LogP contribution is 2.34. The second-order valence-electron chi connectivity index (χ2n) is 5.31. The molecule has 0 spiro atoms. The summed E-state index contributed by atoms with van der Waals surface area (Å²) in [7, 11) is 1.73. The van der Waals surface area contributed by atoms with Crippen LogP contribution in [-0.4, -0.2) is 20.7 Å². The third-order valence-corrected chi connectivity index (χ3v) is 3.94. The minimum atomic E-state index is -1.22. The van der Waals surface area contributed by atoms with Crippen LogP contribution in [0.2, 0.25) is 0 Å². The van der Waals surface area contributed by atoms with Gasteiger partial charge in [-0.05, 0) is 41.5 Å². The minimum absolute atomic E-state index is 0.197. The van der Waals surface area contributed by atoms with Gasteiger partial charge in [0.15, 0.2) is 0 Å². The van der Waals surface area contributed by atoms with Crippen molar-refractivity contribution in [2.45, 2.75) is 0 Å². The monoisotopic (exact) mass is 317 g/mol. The van der Waals surface area contributed by atoms with Gasteiger partial charge in [0.1, 0.15) is 23.1 Å². The van der Waals surface area contributed by atoms with Crippen LogP contribution < -0.4 is 0 Å². The van der Waals surface area contributed by atoms with Gasteiger partial charge in [0.2, 0.25) is 0 Å². The smallest absolute Gasteiger partial charge is 0.339 e. The molecule has 0 aliphatic rings. The quantitative estimate of drug-likeness (QED) is 0.755. The van der Waals surface area contributed by atoms with Gasteiger partial charge in [-0.2, -0.15) is 10.5 Å². The second kappa shape index (κ2) is 5.45. The molecular formula is C18H11N3O3. The maximum atomic E-state index is 11.0. The molecule has 24 heavy (non-hydrogen) atoms. The van der Waals surface area contributed by atoms with Crippen LogP contribution in [0.15, 0.2) is 36.4 Å². The summed E-state index contributed by atoms with van der Waals surface area (Å²) in [5.41, 5.74) is 2.57. The fourth-order valence-corrected chi connectivity index (χ4v) is 2.72.